The Morgan fingerprint density at radius 3 is 2.78 bits per heavy atom. The maximum Gasteiger partial charge on any atom is 0.234 e. The van der Waals surface area contributed by atoms with Crippen molar-refractivity contribution in [3.8, 4) is 0 Å². The Kier molecular flexibility index (Phi) is 4.31. The van der Waals surface area contributed by atoms with Crippen LogP contribution in [0.15, 0.2) is 24.3 Å². The van der Waals surface area contributed by atoms with Gasteiger partial charge in [-0.15, -0.1) is 0 Å². The SMILES string of the molecule is CCNC(=O)CN(Cc1ccccc1F)C1CC1. The van der Waals surface area contributed by atoms with E-state index >= 15 is 0 Å². The molecule has 1 aromatic carbocycles. The van der Waals surface area contributed by atoms with Gasteiger partial charge in [0.05, 0.1) is 6.54 Å². The van der Waals surface area contributed by atoms with Crippen molar-refractivity contribution in [3.05, 3.63) is 35.6 Å². The lowest BCUT2D eigenvalue weighted by atomic mass is 10.2. The van der Waals surface area contributed by atoms with Gasteiger partial charge in [-0.2, -0.15) is 0 Å². The Morgan fingerprint density at radius 1 is 1.44 bits per heavy atom. The number of benzene rings is 1. The van der Waals surface area contributed by atoms with Crippen molar-refractivity contribution < 1.29 is 9.18 Å². The van der Waals surface area contributed by atoms with Crippen molar-refractivity contribution in [1.82, 2.24) is 10.2 Å². The highest BCUT2D eigenvalue weighted by Crippen LogP contribution is 2.28. The lowest BCUT2D eigenvalue weighted by molar-refractivity contribution is -0.122. The van der Waals surface area contributed by atoms with Crippen LogP contribution in [0.1, 0.15) is 25.3 Å². The topological polar surface area (TPSA) is 32.3 Å². The predicted octanol–water partition coefficient (Wildman–Crippen LogP) is 1.93. The Bertz CT molecular complexity index is 418. The molecule has 0 unspecified atom stereocenters. The van der Waals surface area contributed by atoms with Crippen LogP contribution in [0.25, 0.3) is 0 Å². The second kappa shape index (κ2) is 5.96. The minimum absolute atomic E-state index is 0.0146. The molecule has 0 aliphatic heterocycles. The first-order valence-corrected chi connectivity index (χ1v) is 6.45. The van der Waals surface area contributed by atoms with Gasteiger partial charge in [0.25, 0.3) is 0 Å². The largest absolute Gasteiger partial charge is 0.355 e. The van der Waals surface area contributed by atoms with Crippen LogP contribution in [-0.4, -0.2) is 29.9 Å². The van der Waals surface area contributed by atoms with Crippen LogP contribution in [0.5, 0.6) is 0 Å². The van der Waals surface area contributed by atoms with Crippen molar-refractivity contribution in [2.24, 2.45) is 0 Å². The van der Waals surface area contributed by atoms with E-state index in [1.807, 2.05) is 13.0 Å². The average Bonchev–Trinajstić information content (AvgIpc) is 3.15. The smallest absolute Gasteiger partial charge is 0.234 e. The summed E-state index contributed by atoms with van der Waals surface area (Å²) in [6.45, 7) is 3.40. The Hall–Kier alpha value is -1.42. The molecule has 0 bridgehead atoms. The minimum Gasteiger partial charge on any atom is -0.355 e. The van der Waals surface area contributed by atoms with Crippen LogP contribution in [0.4, 0.5) is 4.39 Å². The maximum absolute atomic E-state index is 13.6. The zero-order chi connectivity index (χ0) is 13.0. The van der Waals surface area contributed by atoms with Crippen molar-refractivity contribution >= 4 is 5.91 Å². The van der Waals surface area contributed by atoms with E-state index in [1.165, 1.54) is 6.07 Å². The minimum atomic E-state index is -0.195. The Balaban J connectivity index is 1.98. The number of hydrogen-bond donors (Lipinski definition) is 1. The number of carbonyl (C=O) groups excluding carboxylic acids is 1. The second-order valence-corrected chi connectivity index (χ2v) is 4.68. The number of amides is 1. The van der Waals surface area contributed by atoms with E-state index in [0.717, 1.165) is 12.8 Å². The van der Waals surface area contributed by atoms with Gasteiger partial charge < -0.3 is 5.32 Å². The summed E-state index contributed by atoms with van der Waals surface area (Å²) in [6.07, 6.45) is 2.21. The molecule has 0 aromatic heterocycles. The molecule has 1 aliphatic carbocycles. The first-order chi connectivity index (χ1) is 8.70. The third-order valence-electron chi connectivity index (χ3n) is 3.12. The van der Waals surface area contributed by atoms with Gasteiger partial charge in [0, 0.05) is 24.7 Å². The molecule has 4 heteroatoms. The summed E-state index contributed by atoms with van der Waals surface area (Å²) in [7, 11) is 0. The van der Waals surface area contributed by atoms with Crippen LogP contribution in [0.2, 0.25) is 0 Å². The summed E-state index contributed by atoms with van der Waals surface area (Å²) in [6, 6.07) is 7.20. The fourth-order valence-electron chi connectivity index (χ4n) is 2.04. The summed E-state index contributed by atoms with van der Waals surface area (Å²) < 4.78 is 13.6. The molecule has 0 heterocycles. The summed E-state index contributed by atoms with van der Waals surface area (Å²) in [4.78, 5) is 13.7. The number of nitrogens with one attached hydrogen (secondary N) is 1. The molecule has 0 spiro atoms. The zero-order valence-corrected chi connectivity index (χ0v) is 10.7. The molecule has 1 saturated carbocycles. The van der Waals surface area contributed by atoms with E-state index in [4.69, 9.17) is 0 Å². The third kappa shape index (κ3) is 3.53. The van der Waals surface area contributed by atoms with E-state index < -0.39 is 0 Å². The first kappa shape index (κ1) is 13.0. The molecule has 18 heavy (non-hydrogen) atoms. The lowest BCUT2D eigenvalue weighted by Gasteiger charge is -2.21. The van der Waals surface area contributed by atoms with E-state index in [-0.39, 0.29) is 11.7 Å². The fraction of sp³-hybridized carbons (Fsp3) is 0.500. The highest BCUT2D eigenvalue weighted by Gasteiger charge is 2.30. The quantitative estimate of drug-likeness (QED) is 0.836. The van der Waals surface area contributed by atoms with Crippen LogP contribution < -0.4 is 5.32 Å². The van der Waals surface area contributed by atoms with Crippen molar-refractivity contribution in [2.45, 2.75) is 32.4 Å². The van der Waals surface area contributed by atoms with E-state index in [0.29, 0.717) is 31.2 Å². The molecule has 0 atom stereocenters. The van der Waals surface area contributed by atoms with Crippen LogP contribution in [-0.2, 0) is 11.3 Å². The molecule has 0 radical (unpaired) electrons. The number of rotatable bonds is 6. The first-order valence-electron chi connectivity index (χ1n) is 6.45. The molecule has 1 aliphatic rings. The van der Waals surface area contributed by atoms with Gasteiger partial charge in [0.2, 0.25) is 5.91 Å². The average molecular weight is 250 g/mol. The summed E-state index contributed by atoms with van der Waals surface area (Å²) in [5, 5.41) is 2.78. The molecule has 1 aromatic rings. The van der Waals surface area contributed by atoms with E-state index in [9.17, 15) is 9.18 Å². The number of likely N-dealkylation sites (N-methyl/N-ethyl adjacent to an activating group) is 1. The Morgan fingerprint density at radius 2 is 2.17 bits per heavy atom. The monoisotopic (exact) mass is 250 g/mol. The number of hydrogen-bond acceptors (Lipinski definition) is 2. The summed E-state index contributed by atoms with van der Waals surface area (Å²) in [5.41, 5.74) is 0.661. The van der Waals surface area contributed by atoms with E-state index in [1.54, 1.807) is 12.1 Å². The lowest BCUT2D eigenvalue weighted by Crippen LogP contribution is -2.38. The van der Waals surface area contributed by atoms with E-state index in [2.05, 4.69) is 10.2 Å². The molecule has 1 fully saturated rings. The molecule has 2 rings (SSSR count). The number of nitrogens with zero attached hydrogens (tertiary/aromatic N) is 1. The van der Waals surface area contributed by atoms with Gasteiger partial charge in [0.1, 0.15) is 5.82 Å². The molecular formula is C14H19FN2O. The second-order valence-electron chi connectivity index (χ2n) is 4.68. The number of halogens is 1. The fourth-order valence-corrected chi connectivity index (χ4v) is 2.04. The van der Waals surface area contributed by atoms with Gasteiger partial charge in [-0.3, -0.25) is 9.69 Å². The van der Waals surface area contributed by atoms with Gasteiger partial charge in [0.15, 0.2) is 0 Å². The molecule has 0 saturated heterocycles. The third-order valence-corrected chi connectivity index (χ3v) is 3.12. The molecule has 1 amide bonds. The van der Waals surface area contributed by atoms with Gasteiger partial charge in [-0.05, 0) is 25.8 Å². The highest BCUT2D eigenvalue weighted by atomic mass is 19.1. The summed E-state index contributed by atoms with van der Waals surface area (Å²) >= 11 is 0. The predicted molar refractivity (Wildman–Crippen MR) is 68.5 cm³/mol. The normalized spacial score (nSPS) is 14.8. The molecule has 3 nitrogen and oxygen atoms in total. The standard InChI is InChI=1S/C14H19FN2O/c1-2-16-14(18)10-17(12-7-8-12)9-11-5-3-4-6-13(11)15/h3-6,12H,2,7-10H2,1H3,(H,16,18). The molecular weight excluding hydrogens is 231 g/mol. The number of carbonyl (C=O) groups is 1. The summed E-state index contributed by atoms with van der Waals surface area (Å²) in [5.74, 6) is -0.181. The van der Waals surface area contributed by atoms with Crippen LogP contribution in [0.3, 0.4) is 0 Å². The molecule has 98 valence electrons. The molecule has 1 N–H and O–H groups in total. The van der Waals surface area contributed by atoms with Gasteiger partial charge in [-0.1, -0.05) is 18.2 Å². The Labute approximate surface area is 107 Å². The van der Waals surface area contributed by atoms with Gasteiger partial charge in [-0.25, -0.2) is 4.39 Å². The van der Waals surface area contributed by atoms with Crippen LogP contribution >= 0.6 is 0 Å². The maximum atomic E-state index is 13.6. The van der Waals surface area contributed by atoms with Crippen molar-refractivity contribution in [2.75, 3.05) is 13.1 Å². The van der Waals surface area contributed by atoms with Crippen LogP contribution in [0, 0.1) is 5.82 Å². The highest BCUT2D eigenvalue weighted by molar-refractivity contribution is 5.78. The van der Waals surface area contributed by atoms with Gasteiger partial charge >= 0.3 is 0 Å². The zero-order valence-electron chi connectivity index (χ0n) is 10.7. The van der Waals surface area contributed by atoms with Crippen molar-refractivity contribution in [3.63, 3.8) is 0 Å². The van der Waals surface area contributed by atoms with Crippen molar-refractivity contribution in [1.29, 1.82) is 0 Å².